The molecule has 2 bridgehead atoms. The molecule has 3 aliphatic heterocycles. The lowest BCUT2D eigenvalue weighted by molar-refractivity contribution is -0.162. The highest BCUT2D eigenvalue weighted by atomic mass is 16.6. The standard InChI is InChI=1S/C28H44N2O6/c1-7-16-30(26(4,5)6)24(33)22-28-15-14-27(9-3,36-28)21(25(34)35-19-8-2)20(28)23(32)29(22)17-12-10-11-13-18-31/h7-8,20-22,31H,1-2,9-19H2,3-6H3/t20-,21+,22?,27-,28?/m0/s1. The molecule has 0 aliphatic carbocycles. The zero-order valence-corrected chi connectivity index (χ0v) is 22.5. The van der Waals surface area contributed by atoms with Crippen LogP contribution >= 0.6 is 0 Å². The molecule has 0 aromatic rings. The van der Waals surface area contributed by atoms with Crippen LogP contribution < -0.4 is 0 Å². The number of ether oxygens (including phenoxy) is 2. The Hall–Kier alpha value is -2.19. The van der Waals surface area contributed by atoms with E-state index in [1.165, 1.54) is 6.08 Å². The van der Waals surface area contributed by atoms with E-state index >= 15 is 0 Å². The van der Waals surface area contributed by atoms with Gasteiger partial charge in [-0.25, -0.2) is 0 Å². The van der Waals surface area contributed by atoms with Crippen molar-refractivity contribution >= 4 is 17.8 Å². The Morgan fingerprint density at radius 1 is 1.19 bits per heavy atom. The zero-order chi connectivity index (χ0) is 26.7. The summed E-state index contributed by atoms with van der Waals surface area (Å²) in [5.41, 5.74) is -2.36. The number of carbonyl (C=O) groups excluding carboxylic acids is 3. The fourth-order valence-electron chi connectivity index (χ4n) is 6.55. The molecule has 2 amide bonds. The maximum Gasteiger partial charge on any atom is 0.313 e. The maximum absolute atomic E-state index is 14.3. The largest absolute Gasteiger partial charge is 0.461 e. The summed E-state index contributed by atoms with van der Waals surface area (Å²) in [5.74, 6) is -2.31. The Labute approximate surface area is 215 Å². The quantitative estimate of drug-likeness (QED) is 0.235. The number of nitrogens with zero attached hydrogens (tertiary/aromatic N) is 2. The first-order valence-corrected chi connectivity index (χ1v) is 13.4. The van der Waals surface area contributed by atoms with Gasteiger partial charge in [0.25, 0.3) is 0 Å². The van der Waals surface area contributed by atoms with Crippen molar-refractivity contribution in [3.8, 4) is 0 Å². The molecular weight excluding hydrogens is 460 g/mol. The predicted octanol–water partition coefficient (Wildman–Crippen LogP) is 3.24. The van der Waals surface area contributed by atoms with Crippen LogP contribution in [0.3, 0.4) is 0 Å². The summed E-state index contributed by atoms with van der Waals surface area (Å²) in [6.07, 6.45) is 8.02. The lowest BCUT2D eigenvalue weighted by atomic mass is 9.65. The molecule has 2 unspecified atom stereocenters. The summed E-state index contributed by atoms with van der Waals surface area (Å²) in [6.45, 7) is 16.3. The second kappa shape index (κ2) is 11.1. The molecule has 0 aromatic carbocycles. The molecule has 8 nitrogen and oxygen atoms in total. The van der Waals surface area contributed by atoms with Crippen LogP contribution in [0.25, 0.3) is 0 Å². The number of aliphatic hydroxyl groups is 1. The van der Waals surface area contributed by atoms with Gasteiger partial charge in [-0.3, -0.25) is 14.4 Å². The fourth-order valence-corrected chi connectivity index (χ4v) is 6.55. The van der Waals surface area contributed by atoms with Crippen LogP contribution in [0.2, 0.25) is 0 Å². The van der Waals surface area contributed by atoms with Gasteiger partial charge in [0.2, 0.25) is 11.8 Å². The number of aliphatic hydroxyl groups excluding tert-OH is 1. The van der Waals surface area contributed by atoms with E-state index in [0.717, 1.165) is 12.8 Å². The van der Waals surface area contributed by atoms with Crippen molar-refractivity contribution in [1.29, 1.82) is 0 Å². The normalized spacial score (nSPS) is 30.9. The summed E-state index contributed by atoms with van der Waals surface area (Å²) in [6, 6.07) is -0.808. The van der Waals surface area contributed by atoms with E-state index in [-0.39, 0.29) is 25.0 Å². The van der Waals surface area contributed by atoms with Gasteiger partial charge in [0.15, 0.2) is 0 Å². The lowest BCUT2D eigenvalue weighted by Crippen LogP contribution is -2.60. The third-order valence-electron chi connectivity index (χ3n) is 8.21. The summed E-state index contributed by atoms with van der Waals surface area (Å²) in [4.78, 5) is 45.1. The maximum atomic E-state index is 14.3. The topological polar surface area (TPSA) is 96.4 Å². The van der Waals surface area contributed by atoms with Gasteiger partial charge in [-0.2, -0.15) is 0 Å². The highest BCUT2D eigenvalue weighted by molar-refractivity contribution is 5.98. The van der Waals surface area contributed by atoms with E-state index in [1.54, 1.807) is 15.9 Å². The Balaban J connectivity index is 2.03. The third kappa shape index (κ3) is 4.74. The van der Waals surface area contributed by atoms with E-state index in [2.05, 4.69) is 13.2 Å². The van der Waals surface area contributed by atoms with Gasteiger partial charge in [-0.1, -0.05) is 38.5 Å². The number of esters is 1. The van der Waals surface area contributed by atoms with Gasteiger partial charge in [-0.05, 0) is 52.9 Å². The Morgan fingerprint density at radius 3 is 2.47 bits per heavy atom. The highest BCUT2D eigenvalue weighted by Crippen LogP contribution is 2.64. The number of fused-ring (bicyclic) bond motifs is 1. The number of unbranched alkanes of at least 4 members (excludes halogenated alkanes) is 3. The SMILES string of the molecule is C=CCOC(=O)[C@H]1[C@H]2C(=O)N(CCCCCCO)C(C(=O)N(CC=C)C(C)(C)C)C23CC[C@]1(CC)O3. The Kier molecular flexibility index (Phi) is 8.71. The van der Waals surface area contributed by atoms with Gasteiger partial charge in [-0.15, -0.1) is 6.58 Å². The van der Waals surface area contributed by atoms with Gasteiger partial charge in [0.1, 0.15) is 24.2 Å². The van der Waals surface area contributed by atoms with Crippen LogP contribution in [0.4, 0.5) is 0 Å². The molecule has 3 rings (SSSR count). The van der Waals surface area contributed by atoms with E-state index in [0.29, 0.717) is 45.2 Å². The van der Waals surface area contributed by atoms with Crippen LogP contribution in [0.15, 0.2) is 25.3 Å². The molecule has 5 atom stereocenters. The molecular formula is C28H44N2O6. The number of hydrogen-bond donors (Lipinski definition) is 1. The molecule has 3 heterocycles. The van der Waals surface area contributed by atoms with Gasteiger partial charge in [0, 0.05) is 25.2 Å². The van der Waals surface area contributed by atoms with E-state index in [4.69, 9.17) is 14.6 Å². The minimum Gasteiger partial charge on any atom is -0.461 e. The first-order valence-electron chi connectivity index (χ1n) is 13.4. The first kappa shape index (κ1) is 28.4. The van der Waals surface area contributed by atoms with Crippen molar-refractivity contribution in [2.75, 3.05) is 26.3 Å². The third-order valence-corrected chi connectivity index (χ3v) is 8.21. The van der Waals surface area contributed by atoms with E-state index in [9.17, 15) is 14.4 Å². The first-order chi connectivity index (χ1) is 17.0. The smallest absolute Gasteiger partial charge is 0.313 e. The van der Waals surface area contributed by atoms with Crippen molar-refractivity contribution < 1.29 is 29.0 Å². The molecule has 36 heavy (non-hydrogen) atoms. The van der Waals surface area contributed by atoms with Crippen LogP contribution in [0, 0.1) is 11.8 Å². The number of hydrogen-bond acceptors (Lipinski definition) is 6. The molecule has 3 aliphatic rings. The molecule has 1 spiro atoms. The molecule has 3 fully saturated rings. The van der Waals surface area contributed by atoms with Gasteiger partial charge >= 0.3 is 5.97 Å². The zero-order valence-electron chi connectivity index (χ0n) is 22.5. The fraction of sp³-hybridized carbons (Fsp3) is 0.750. The molecule has 8 heteroatoms. The van der Waals surface area contributed by atoms with E-state index in [1.807, 2.05) is 27.7 Å². The van der Waals surface area contributed by atoms with Crippen LogP contribution in [0.5, 0.6) is 0 Å². The number of carbonyl (C=O) groups is 3. The average Bonchev–Trinajstić information content (AvgIpc) is 3.43. The Morgan fingerprint density at radius 2 is 1.89 bits per heavy atom. The average molecular weight is 505 g/mol. The van der Waals surface area contributed by atoms with Crippen LogP contribution in [-0.4, -0.2) is 81.8 Å². The van der Waals surface area contributed by atoms with E-state index < -0.39 is 40.6 Å². The van der Waals surface area contributed by atoms with Gasteiger partial charge < -0.3 is 24.4 Å². The van der Waals surface area contributed by atoms with Crippen molar-refractivity contribution in [3.05, 3.63) is 25.3 Å². The highest BCUT2D eigenvalue weighted by Gasteiger charge is 2.79. The Bertz CT molecular complexity index is 867. The van der Waals surface area contributed by atoms with Crippen molar-refractivity contribution in [3.63, 3.8) is 0 Å². The minimum atomic E-state index is -1.06. The molecule has 0 aromatic heterocycles. The molecule has 202 valence electrons. The summed E-state index contributed by atoms with van der Waals surface area (Å²) in [5, 5.41) is 9.10. The molecule has 0 saturated carbocycles. The second-order valence-electron chi connectivity index (χ2n) is 11.3. The van der Waals surface area contributed by atoms with Crippen molar-refractivity contribution in [2.24, 2.45) is 11.8 Å². The number of rotatable bonds is 13. The lowest BCUT2D eigenvalue weighted by Gasteiger charge is -2.42. The van der Waals surface area contributed by atoms with Crippen molar-refractivity contribution in [1.82, 2.24) is 9.80 Å². The molecule has 1 N–H and O–H groups in total. The van der Waals surface area contributed by atoms with Gasteiger partial charge in [0.05, 0.1) is 11.5 Å². The summed E-state index contributed by atoms with van der Waals surface area (Å²) in [7, 11) is 0. The predicted molar refractivity (Wildman–Crippen MR) is 137 cm³/mol. The molecule has 0 radical (unpaired) electrons. The summed E-state index contributed by atoms with van der Waals surface area (Å²) < 4.78 is 12.2. The molecule has 3 saturated heterocycles. The van der Waals surface area contributed by atoms with Crippen LogP contribution in [0.1, 0.15) is 72.6 Å². The second-order valence-corrected chi connectivity index (χ2v) is 11.3. The minimum absolute atomic E-state index is 0.0666. The van der Waals surface area contributed by atoms with Crippen LogP contribution in [-0.2, 0) is 23.9 Å². The number of likely N-dealkylation sites (tertiary alicyclic amines) is 1. The number of amides is 2. The van der Waals surface area contributed by atoms with Crippen molar-refractivity contribution in [2.45, 2.75) is 95.4 Å². The summed E-state index contributed by atoms with van der Waals surface area (Å²) >= 11 is 0. The monoisotopic (exact) mass is 504 g/mol.